The molecule has 0 bridgehead atoms. The zero-order valence-electron chi connectivity index (χ0n) is 25.7. The Kier molecular flexibility index (Phi) is 8.53. The topological polar surface area (TPSA) is 146 Å². The van der Waals surface area contributed by atoms with Crippen molar-refractivity contribution in [3.8, 4) is 34.1 Å². The van der Waals surface area contributed by atoms with E-state index < -0.39 is 0 Å². The van der Waals surface area contributed by atoms with Gasteiger partial charge < -0.3 is 39.3 Å². The van der Waals surface area contributed by atoms with Crippen LogP contribution in [-0.4, -0.2) is 63.3 Å². The standard InChI is InChI=1S/C34H34N8O4/c1-5-31(44)36-25-18-26(29(45-4)19-27(25)42-14-11-23(20-42)41(2)3)38-34-35-13-10-24(37-34)33-32(39-30(40-33)7-6-15-43)22-9-8-21-12-16-46-28(21)17-22/h5,8-14,16-20,43H,1,6-7,15H2,2-4H3,(H,36,44)(H,39,40)(H,35,37,38). The van der Waals surface area contributed by atoms with E-state index in [9.17, 15) is 9.90 Å². The van der Waals surface area contributed by atoms with E-state index >= 15 is 0 Å². The van der Waals surface area contributed by atoms with Crippen molar-refractivity contribution < 1.29 is 19.1 Å². The summed E-state index contributed by atoms with van der Waals surface area (Å²) < 4.78 is 13.3. The quantitative estimate of drug-likeness (QED) is 0.122. The van der Waals surface area contributed by atoms with Gasteiger partial charge in [0, 0.05) is 62.7 Å². The molecule has 6 aromatic rings. The number of rotatable bonds is 12. The first kappa shape index (κ1) is 30.2. The van der Waals surface area contributed by atoms with Crippen LogP contribution in [-0.2, 0) is 11.2 Å². The summed E-state index contributed by atoms with van der Waals surface area (Å²) in [4.78, 5) is 32.0. The van der Waals surface area contributed by atoms with Gasteiger partial charge in [-0.25, -0.2) is 15.0 Å². The fourth-order valence-electron chi connectivity index (χ4n) is 5.09. The lowest BCUT2D eigenvalue weighted by Gasteiger charge is -2.17. The molecule has 46 heavy (non-hydrogen) atoms. The van der Waals surface area contributed by atoms with E-state index in [1.165, 1.54) is 6.08 Å². The number of methoxy groups -OCH3 is 1. The summed E-state index contributed by atoms with van der Waals surface area (Å²) in [5.41, 5.74) is 6.39. The Labute approximate surface area is 265 Å². The first-order valence-corrected chi connectivity index (χ1v) is 14.7. The second-order valence-electron chi connectivity index (χ2n) is 10.7. The number of benzene rings is 2. The summed E-state index contributed by atoms with van der Waals surface area (Å²) in [5.74, 6) is 1.20. The molecule has 12 heteroatoms. The number of aromatic amines is 1. The number of imidazole rings is 1. The molecule has 4 N–H and O–H groups in total. The van der Waals surface area contributed by atoms with Crippen LogP contribution in [0.4, 0.5) is 23.0 Å². The molecule has 0 saturated heterocycles. The number of aryl methyl sites for hydroxylation is 1. The van der Waals surface area contributed by atoms with Gasteiger partial charge in [0.15, 0.2) is 0 Å². The van der Waals surface area contributed by atoms with E-state index in [1.54, 1.807) is 31.7 Å². The summed E-state index contributed by atoms with van der Waals surface area (Å²) >= 11 is 0. The van der Waals surface area contributed by atoms with E-state index in [4.69, 9.17) is 19.1 Å². The lowest BCUT2D eigenvalue weighted by Crippen LogP contribution is -2.11. The Bertz CT molecular complexity index is 2020. The monoisotopic (exact) mass is 618 g/mol. The highest BCUT2D eigenvalue weighted by atomic mass is 16.5. The molecule has 0 saturated carbocycles. The van der Waals surface area contributed by atoms with Gasteiger partial charge >= 0.3 is 0 Å². The third-order valence-electron chi connectivity index (χ3n) is 7.45. The van der Waals surface area contributed by atoms with Crippen molar-refractivity contribution in [3.63, 3.8) is 0 Å². The number of hydrogen-bond donors (Lipinski definition) is 4. The Morgan fingerprint density at radius 3 is 2.78 bits per heavy atom. The molecule has 0 unspecified atom stereocenters. The van der Waals surface area contributed by atoms with Crippen LogP contribution in [0.2, 0.25) is 0 Å². The van der Waals surface area contributed by atoms with E-state index in [-0.39, 0.29) is 12.5 Å². The molecule has 0 fully saturated rings. The molecule has 0 aliphatic heterocycles. The average molecular weight is 619 g/mol. The lowest BCUT2D eigenvalue weighted by atomic mass is 10.1. The minimum Gasteiger partial charge on any atom is -0.494 e. The highest BCUT2D eigenvalue weighted by molar-refractivity contribution is 6.01. The van der Waals surface area contributed by atoms with E-state index in [2.05, 4.69) is 27.2 Å². The zero-order valence-corrected chi connectivity index (χ0v) is 25.7. The largest absolute Gasteiger partial charge is 0.494 e. The molecule has 234 valence electrons. The number of aromatic nitrogens is 5. The summed E-state index contributed by atoms with van der Waals surface area (Å²) in [5, 5.41) is 16.6. The van der Waals surface area contributed by atoms with Gasteiger partial charge in [0.05, 0.1) is 53.2 Å². The van der Waals surface area contributed by atoms with Crippen molar-refractivity contribution in [2.45, 2.75) is 12.8 Å². The van der Waals surface area contributed by atoms with Crippen molar-refractivity contribution in [2.75, 3.05) is 43.3 Å². The van der Waals surface area contributed by atoms with Gasteiger partial charge in [-0.2, -0.15) is 0 Å². The normalized spacial score (nSPS) is 11.0. The van der Waals surface area contributed by atoms with E-state index in [1.807, 2.05) is 72.4 Å². The van der Waals surface area contributed by atoms with Crippen molar-refractivity contribution in [2.24, 2.45) is 0 Å². The SMILES string of the molecule is C=CC(=O)Nc1cc(Nc2nccc(-c3[nH]c(CCCO)nc3-c3ccc4ccoc4c3)n2)c(OC)cc1-n1ccc(N(C)C)c1. The van der Waals surface area contributed by atoms with Crippen LogP contribution >= 0.6 is 0 Å². The van der Waals surface area contributed by atoms with Gasteiger partial charge in [-0.1, -0.05) is 18.7 Å². The second-order valence-corrected chi connectivity index (χ2v) is 10.7. The Morgan fingerprint density at radius 2 is 2.02 bits per heavy atom. The Balaban J connectivity index is 1.39. The summed E-state index contributed by atoms with van der Waals surface area (Å²) in [6.45, 7) is 3.65. The molecule has 12 nitrogen and oxygen atoms in total. The van der Waals surface area contributed by atoms with Crippen LogP contribution in [0.3, 0.4) is 0 Å². The fraction of sp³-hybridized carbons (Fsp3) is 0.176. The maximum absolute atomic E-state index is 12.4. The molecule has 4 heterocycles. The number of carbonyl (C=O) groups is 1. The van der Waals surface area contributed by atoms with Crippen LogP contribution in [0.1, 0.15) is 12.2 Å². The number of anilines is 4. The van der Waals surface area contributed by atoms with Crippen LogP contribution in [0.25, 0.3) is 39.3 Å². The van der Waals surface area contributed by atoms with Gasteiger partial charge in [0.1, 0.15) is 17.2 Å². The number of nitrogens with one attached hydrogen (secondary N) is 3. The number of hydrogen-bond acceptors (Lipinski definition) is 9. The second kappa shape index (κ2) is 13.0. The van der Waals surface area contributed by atoms with Gasteiger partial charge in [-0.05, 0) is 42.8 Å². The van der Waals surface area contributed by atoms with Gasteiger partial charge in [0.2, 0.25) is 11.9 Å². The van der Waals surface area contributed by atoms with Crippen molar-refractivity contribution in [1.29, 1.82) is 0 Å². The molecule has 0 radical (unpaired) electrons. The molecular weight excluding hydrogens is 584 g/mol. The number of ether oxygens (including phenoxy) is 1. The molecule has 0 aliphatic rings. The smallest absolute Gasteiger partial charge is 0.247 e. The molecule has 1 amide bonds. The minimum atomic E-state index is -0.355. The molecular formula is C34H34N8O4. The fourth-order valence-corrected chi connectivity index (χ4v) is 5.09. The first-order chi connectivity index (χ1) is 22.4. The minimum absolute atomic E-state index is 0.0578. The number of nitrogens with zero attached hydrogens (tertiary/aromatic N) is 5. The lowest BCUT2D eigenvalue weighted by molar-refractivity contribution is -0.111. The molecule has 0 atom stereocenters. The summed E-state index contributed by atoms with van der Waals surface area (Å²) in [7, 11) is 5.49. The van der Waals surface area contributed by atoms with E-state index in [0.717, 1.165) is 28.0 Å². The first-order valence-electron chi connectivity index (χ1n) is 14.7. The van der Waals surface area contributed by atoms with Crippen LogP contribution in [0.15, 0.2) is 90.5 Å². The number of aliphatic hydroxyl groups is 1. The predicted octanol–water partition coefficient (Wildman–Crippen LogP) is 5.94. The molecule has 0 aliphatic carbocycles. The molecule has 2 aromatic carbocycles. The zero-order chi connectivity index (χ0) is 32.2. The van der Waals surface area contributed by atoms with Crippen molar-refractivity contribution >= 4 is 39.9 Å². The summed E-state index contributed by atoms with van der Waals surface area (Å²) in [6.07, 6.45) is 9.54. The third kappa shape index (κ3) is 6.19. The van der Waals surface area contributed by atoms with Crippen LogP contribution < -0.4 is 20.3 Å². The Hall–Kier alpha value is -5.88. The third-order valence-corrected chi connectivity index (χ3v) is 7.45. The number of fused-ring (bicyclic) bond motifs is 1. The number of aliphatic hydroxyl groups excluding tert-OH is 1. The molecule has 0 spiro atoms. The summed E-state index contributed by atoms with van der Waals surface area (Å²) in [6, 6.07) is 15.2. The van der Waals surface area contributed by atoms with E-state index in [0.29, 0.717) is 58.7 Å². The maximum atomic E-state index is 12.4. The average Bonchev–Trinajstić information content (AvgIpc) is 3.84. The number of carbonyl (C=O) groups excluding carboxylic acids is 1. The van der Waals surface area contributed by atoms with Crippen LogP contribution in [0.5, 0.6) is 5.75 Å². The van der Waals surface area contributed by atoms with Gasteiger partial charge in [-0.3, -0.25) is 4.79 Å². The number of H-pyrrole nitrogens is 1. The predicted molar refractivity (Wildman–Crippen MR) is 179 cm³/mol. The highest BCUT2D eigenvalue weighted by Gasteiger charge is 2.19. The maximum Gasteiger partial charge on any atom is 0.247 e. The highest BCUT2D eigenvalue weighted by Crippen LogP contribution is 2.37. The molecule has 4 aromatic heterocycles. The Morgan fingerprint density at radius 1 is 1.15 bits per heavy atom. The van der Waals surface area contributed by atoms with Gasteiger partial charge in [-0.15, -0.1) is 0 Å². The van der Waals surface area contributed by atoms with Crippen LogP contribution in [0, 0.1) is 0 Å². The number of amides is 1. The number of furan rings is 1. The molecule has 6 rings (SSSR count). The van der Waals surface area contributed by atoms with Gasteiger partial charge in [0.25, 0.3) is 0 Å². The van der Waals surface area contributed by atoms with Crippen molar-refractivity contribution in [3.05, 3.63) is 91.9 Å². The van der Waals surface area contributed by atoms with Crippen molar-refractivity contribution in [1.82, 2.24) is 24.5 Å².